The van der Waals surface area contributed by atoms with Crippen LogP contribution in [0.25, 0.3) is 0 Å². The number of ether oxygens (including phenoxy) is 1. The molecule has 100 valence electrons. The number of hydrogen-bond donors (Lipinski definition) is 2. The molecule has 0 spiro atoms. The highest BCUT2D eigenvalue weighted by Gasteiger charge is 2.13. The Kier molecular flexibility index (Phi) is 5.48. The standard InChI is InChI=1S/C13H20N2O2S/c16-13(15-12-4-2-10-18-12)14-7-1-3-11-5-8-17-9-6-11/h2,4,10-11H,1,3,5-9H2,(H2,14,15,16). The van der Waals surface area contributed by atoms with Gasteiger partial charge in [-0.05, 0) is 49.1 Å². The van der Waals surface area contributed by atoms with Gasteiger partial charge in [0.05, 0.1) is 5.00 Å². The molecule has 2 amide bonds. The van der Waals surface area contributed by atoms with Gasteiger partial charge in [0.2, 0.25) is 0 Å². The number of thiophene rings is 1. The fraction of sp³-hybridized carbons (Fsp3) is 0.615. The van der Waals surface area contributed by atoms with Crippen molar-refractivity contribution >= 4 is 22.4 Å². The maximum Gasteiger partial charge on any atom is 0.319 e. The van der Waals surface area contributed by atoms with Gasteiger partial charge in [-0.3, -0.25) is 5.32 Å². The van der Waals surface area contributed by atoms with Gasteiger partial charge in [-0.1, -0.05) is 0 Å². The largest absolute Gasteiger partial charge is 0.381 e. The van der Waals surface area contributed by atoms with E-state index in [0.717, 1.165) is 37.1 Å². The van der Waals surface area contributed by atoms with E-state index in [4.69, 9.17) is 4.74 Å². The summed E-state index contributed by atoms with van der Waals surface area (Å²) in [5.74, 6) is 0.779. The minimum absolute atomic E-state index is 0.107. The molecular formula is C13H20N2O2S. The summed E-state index contributed by atoms with van der Waals surface area (Å²) in [4.78, 5) is 11.5. The number of anilines is 1. The van der Waals surface area contributed by atoms with Crippen LogP contribution in [0, 0.1) is 5.92 Å². The van der Waals surface area contributed by atoms with Crippen LogP contribution < -0.4 is 10.6 Å². The van der Waals surface area contributed by atoms with Crippen molar-refractivity contribution in [1.82, 2.24) is 5.32 Å². The Bertz CT molecular complexity index is 348. The summed E-state index contributed by atoms with van der Waals surface area (Å²) in [6, 6.07) is 3.71. The highest BCUT2D eigenvalue weighted by molar-refractivity contribution is 7.14. The Morgan fingerprint density at radius 3 is 3.00 bits per heavy atom. The number of nitrogens with one attached hydrogen (secondary N) is 2. The zero-order valence-electron chi connectivity index (χ0n) is 10.5. The van der Waals surface area contributed by atoms with E-state index in [9.17, 15) is 4.79 Å². The topological polar surface area (TPSA) is 50.4 Å². The first-order valence-electron chi connectivity index (χ1n) is 6.50. The smallest absolute Gasteiger partial charge is 0.319 e. The fourth-order valence-electron chi connectivity index (χ4n) is 2.13. The summed E-state index contributed by atoms with van der Waals surface area (Å²) in [5, 5.41) is 8.53. The van der Waals surface area contributed by atoms with Crippen LogP contribution in [0.5, 0.6) is 0 Å². The fourth-order valence-corrected chi connectivity index (χ4v) is 2.75. The number of carbonyl (C=O) groups excluding carboxylic acids is 1. The van der Waals surface area contributed by atoms with Gasteiger partial charge in [-0.25, -0.2) is 4.79 Å². The molecule has 0 aliphatic carbocycles. The monoisotopic (exact) mass is 268 g/mol. The van der Waals surface area contributed by atoms with E-state index in [1.807, 2.05) is 17.5 Å². The Morgan fingerprint density at radius 2 is 2.28 bits per heavy atom. The number of rotatable bonds is 5. The van der Waals surface area contributed by atoms with Gasteiger partial charge in [0, 0.05) is 19.8 Å². The molecule has 1 aliphatic heterocycles. The van der Waals surface area contributed by atoms with Crippen molar-refractivity contribution in [3.63, 3.8) is 0 Å². The molecule has 2 rings (SSSR count). The van der Waals surface area contributed by atoms with Crippen LogP contribution in [0.15, 0.2) is 17.5 Å². The van der Waals surface area contributed by atoms with Crippen molar-refractivity contribution in [3.8, 4) is 0 Å². The Labute approximate surface area is 112 Å². The highest BCUT2D eigenvalue weighted by Crippen LogP contribution is 2.19. The lowest BCUT2D eigenvalue weighted by Gasteiger charge is -2.21. The molecule has 1 saturated heterocycles. The molecule has 1 aromatic heterocycles. The molecule has 0 bridgehead atoms. The predicted octanol–water partition coefficient (Wildman–Crippen LogP) is 3.08. The van der Waals surface area contributed by atoms with E-state index in [2.05, 4.69) is 10.6 Å². The van der Waals surface area contributed by atoms with Gasteiger partial charge in [0.1, 0.15) is 0 Å². The molecule has 2 heterocycles. The highest BCUT2D eigenvalue weighted by atomic mass is 32.1. The third-order valence-electron chi connectivity index (χ3n) is 3.17. The summed E-state index contributed by atoms with van der Waals surface area (Å²) < 4.78 is 5.32. The molecule has 5 heteroatoms. The first-order valence-corrected chi connectivity index (χ1v) is 7.38. The molecule has 1 aliphatic rings. The van der Waals surface area contributed by atoms with Crippen LogP contribution in [-0.4, -0.2) is 25.8 Å². The maximum absolute atomic E-state index is 11.5. The molecular weight excluding hydrogens is 248 g/mol. The van der Waals surface area contributed by atoms with Crippen LogP contribution >= 0.6 is 11.3 Å². The number of hydrogen-bond acceptors (Lipinski definition) is 3. The van der Waals surface area contributed by atoms with Gasteiger partial charge >= 0.3 is 6.03 Å². The van der Waals surface area contributed by atoms with E-state index in [0.29, 0.717) is 0 Å². The van der Waals surface area contributed by atoms with Crippen molar-refractivity contribution in [3.05, 3.63) is 17.5 Å². The second kappa shape index (κ2) is 7.38. The van der Waals surface area contributed by atoms with E-state index in [-0.39, 0.29) is 6.03 Å². The normalized spacial score (nSPS) is 16.4. The average molecular weight is 268 g/mol. The SMILES string of the molecule is O=C(NCCCC1CCOCC1)Nc1cccs1. The molecule has 0 saturated carbocycles. The van der Waals surface area contributed by atoms with Gasteiger partial charge in [-0.2, -0.15) is 0 Å². The molecule has 4 nitrogen and oxygen atoms in total. The van der Waals surface area contributed by atoms with Crippen LogP contribution in [0.2, 0.25) is 0 Å². The number of amides is 2. The van der Waals surface area contributed by atoms with Crippen LogP contribution in [0.4, 0.5) is 9.80 Å². The third kappa shape index (κ3) is 4.66. The lowest BCUT2D eigenvalue weighted by Crippen LogP contribution is -2.29. The summed E-state index contributed by atoms with van der Waals surface area (Å²) >= 11 is 1.53. The number of carbonyl (C=O) groups is 1. The van der Waals surface area contributed by atoms with Crippen molar-refractivity contribution < 1.29 is 9.53 Å². The first kappa shape index (κ1) is 13.4. The lowest BCUT2D eigenvalue weighted by atomic mass is 9.95. The molecule has 0 unspecified atom stereocenters. The Balaban J connectivity index is 1.53. The summed E-state index contributed by atoms with van der Waals surface area (Å²) in [5.41, 5.74) is 0. The second-order valence-corrected chi connectivity index (χ2v) is 5.50. The van der Waals surface area contributed by atoms with Crippen LogP contribution in [-0.2, 0) is 4.74 Å². The van der Waals surface area contributed by atoms with E-state index in [1.54, 1.807) is 0 Å². The van der Waals surface area contributed by atoms with Gasteiger partial charge < -0.3 is 10.1 Å². The summed E-state index contributed by atoms with van der Waals surface area (Å²) in [7, 11) is 0. The van der Waals surface area contributed by atoms with Crippen molar-refractivity contribution in [1.29, 1.82) is 0 Å². The van der Waals surface area contributed by atoms with Gasteiger partial charge in [0.15, 0.2) is 0 Å². The molecule has 0 radical (unpaired) electrons. The van der Waals surface area contributed by atoms with Crippen molar-refractivity contribution in [2.24, 2.45) is 5.92 Å². The second-order valence-electron chi connectivity index (χ2n) is 4.56. The number of urea groups is 1. The quantitative estimate of drug-likeness (QED) is 0.806. The maximum atomic E-state index is 11.5. The third-order valence-corrected chi connectivity index (χ3v) is 3.96. The van der Waals surface area contributed by atoms with Gasteiger partial charge in [-0.15, -0.1) is 11.3 Å². The zero-order chi connectivity index (χ0) is 12.6. The van der Waals surface area contributed by atoms with Gasteiger partial charge in [0.25, 0.3) is 0 Å². The van der Waals surface area contributed by atoms with Crippen molar-refractivity contribution in [2.45, 2.75) is 25.7 Å². The van der Waals surface area contributed by atoms with Crippen LogP contribution in [0.1, 0.15) is 25.7 Å². The first-order chi connectivity index (χ1) is 8.84. The molecule has 2 N–H and O–H groups in total. The Morgan fingerprint density at radius 1 is 1.44 bits per heavy atom. The molecule has 1 aromatic rings. The predicted molar refractivity (Wildman–Crippen MR) is 74.1 cm³/mol. The van der Waals surface area contributed by atoms with E-state index >= 15 is 0 Å². The van der Waals surface area contributed by atoms with Crippen LogP contribution in [0.3, 0.4) is 0 Å². The molecule has 0 atom stereocenters. The lowest BCUT2D eigenvalue weighted by molar-refractivity contribution is 0.0634. The Hall–Kier alpha value is -1.07. The summed E-state index contributed by atoms with van der Waals surface area (Å²) in [6.45, 7) is 2.54. The zero-order valence-corrected chi connectivity index (χ0v) is 11.3. The average Bonchev–Trinajstić information content (AvgIpc) is 2.89. The van der Waals surface area contributed by atoms with E-state index < -0.39 is 0 Å². The summed E-state index contributed by atoms with van der Waals surface area (Å²) in [6.07, 6.45) is 4.56. The minimum Gasteiger partial charge on any atom is -0.381 e. The van der Waals surface area contributed by atoms with E-state index in [1.165, 1.54) is 30.6 Å². The minimum atomic E-state index is -0.107. The molecule has 18 heavy (non-hydrogen) atoms. The molecule has 1 fully saturated rings. The molecule has 0 aromatic carbocycles. The van der Waals surface area contributed by atoms with Crippen molar-refractivity contribution in [2.75, 3.05) is 25.1 Å².